The van der Waals surface area contributed by atoms with Gasteiger partial charge in [-0.3, -0.25) is 14.9 Å². The lowest BCUT2D eigenvalue weighted by Gasteiger charge is -2.05. The lowest BCUT2D eigenvalue weighted by Crippen LogP contribution is -2.07. The highest BCUT2D eigenvalue weighted by Gasteiger charge is 2.17. The van der Waals surface area contributed by atoms with Crippen molar-refractivity contribution in [3.05, 3.63) is 45.6 Å². The molecule has 0 fully saturated rings. The van der Waals surface area contributed by atoms with Crippen molar-refractivity contribution in [2.75, 3.05) is 11.6 Å². The summed E-state index contributed by atoms with van der Waals surface area (Å²) in [5.74, 6) is 0.987. The lowest BCUT2D eigenvalue weighted by molar-refractivity contribution is -0.417. The number of unbranched alkanes of at least 4 members (excludes halogenated alkanes) is 1. The maximum absolute atomic E-state index is 11.3. The first-order valence-electron chi connectivity index (χ1n) is 6.21. The third kappa shape index (κ3) is 5.35. The van der Waals surface area contributed by atoms with Gasteiger partial charge in [-0.25, -0.2) is 0 Å². The molecule has 0 aliphatic rings. The standard InChI is InChI=1S/C14H16ClNO3S/c1-11(17)13(16(18)19)10-12-6-2-3-7-14(12)20-9-5-4-8-15/h2-3,6-7,10H,4-5,8-9H2,1H3. The highest BCUT2D eigenvalue weighted by molar-refractivity contribution is 7.99. The van der Waals surface area contributed by atoms with Crippen LogP contribution in [0.2, 0.25) is 0 Å². The predicted molar refractivity (Wildman–Crippen MR) is 82.8 cm³/mol. The molecule has 0 heterocycles. The molecule has 0 radical (unpaired) electrons. The van der Waals surface area contributed by atoms with E-state index in [1.165, 1.54) is 13.0 Å². The molecule has 4 nitrogen and oxygen atoms in total. The highest BCUT2D eigenvalue weighted by atomic mass is 35.5. The first kappa shape index (κ1) is 16.7. The molecule has 6 heteroatoms. The van der Waals surface area contributed by atoms with Gasteiger partial charge in [0.25, 0.3) is 0 Å². The minimum absolute atomic E-state index is 0.390. The number of hydrogen-bond donors (Lipinski definition) is 0. The third-order valence-corrected chi connectivity index (χ3v) is 4.00. The van der Waals surface area contributed by atoms with Crippen molar-refractivity contribution in [3.8, 4) is 0 Å². The van der Waals surface area contributed by atoms with Gasteiger partial charge in [-0.15, -0.1) is 23.4 Å². The van der Waals surface area contributed by atoms with E-state index in [1.54, 1.807) is 23.9 Å². The summed E-state index contributed by atoms with van der Waals surface area (Å²) in [6.45, 7) is 1.20. The molecule has 1 rings (SSSR count). The maximum atomic E-state index is 11.3. The largest absolute Gasteiger partial charge is 0.312 e. The van der Waals surface area contributed by atoms with Gasteiger partial charge in [-0.1, -0.05) is 18.2 Å². The molecule has 0 aromatic heterocycles. The van der Waals surface area contributed by atoms with E-state index in [2.05, 4.69) is 0 Å². The molecule has 108 valence electrons. The number of hydrogen-bond acceptors (Lipinski definition) is 4. The summed E-state index contributed by atoms with van der Waals surface area (Å²) in [7, 11) is 0. The second kappa shape index (κ2) is 8.76. The van der Waals surface area contributed by atoms with Gasteiger partial charge in [0.2, 0.25) is 5.78 Å². The minimum Gasteiger partial charge on any atom is -0.288 e. The molecule has 0 amide bonds. The minimum atomic E-state index is -0.642. The van der Waals surface area contributed by atoms with Gasteiger partial charge in [0.05, 0.1) is 4.92 Å². The van der Waals surface area contributed by atoms with Gasteiger partial charge in [0.15, 0.2) is 0 Å². The highest BCUT2D eigenvalue weighted by Crippen LogP contribution is 2.25. The molecule has 0 saturated carbocycles. The van der Waals surface area contributed by atoms with Crippen LogP contribution in [0.5, 0.6) is 0 Å². The van der Waals surface area contributed by atoms with Crippen LogP contribution in [0.25, 0.3) is 6.08 Å². The van der Waals surface area contributed by atoms with E-state index in [0.717, 1.165) is 23.5 Å². The number of allylic oxidation sites excluding steroid dienone is 1. The summed E-state index contributed by atoms with van der Waals surface area (Å²) >= 11 is 7.24. The zero-order valence-corrected chi connectivity index (χ0v) is 12.7. The van der Waals surface area contributed by atoms with E-state index in [9.17, 15) is 14.9 Å². The van der Waals surface area contributed by atoms with Crippen LogP contribution in [0, 0.1) is 10.1 Å². The molecular formula is C14H16ClNO3S. The first-order chi connectivity index (χ1) is 9.56. The summed E-state index contributed by atoms with van der Waals surface area (Å²) < 4.78 is 0. The molecule has 0 unspecified atom stereocenters. The molecule has 0 spiro atoms. The molecule has 20 heavy (non-hydrogen) atoms. The van der Waals surface area contributed by atoms with Crippen LogP contribution in [0.1, 0.15) is 25.3 Å². The van der Waals surface area contributed by atoms with E-state index >= 15 is 0 Å². The number of carbonyl (C=O) groups excluding carboxylic acids is 1. The van der Waals surface area contributed by atoms with Gasteiger partial charge >= 0.3 is 5.70 Å². The van der Waals surface area contributed by atoms with Crippen molar-refractivity contribution in [3.63, 3.8) is 0 Å². The van der Waals surface area contributed by atoms with E-state index in [-0.39, 0.29) is 5.70 Å². The van der Waals surface area contributed by atoms with Crippen molar-refractivity contribution in [1.82, 2.24) is 0 Å². The van der Waals surface area contributed by atoms with Crippen LogP contribution < -0.4 is 0 Å². The molecule has 0 N–H and O–H groups in total. The molecule has 0 saturated heterocycles. The Labute approximate surface area is 127 Å². The predicted octanol–water partition coefficient (Wildman–Crippen LogP) is 4.00. The van der Waals surface area contributed by atoms with Crippen LogP contribution in [-0.2, 0) is 4.79 Å². The zero-order valence-electron chi connectivity index (χ0n) is 11.2. The van der Waals surface area contributed by atoms with Gasteiger partial charge in [0, 0.05) is 23.8 Å². The second-order valence-electron chi connectivity index (χ2n) is 4.13. The van der Waals surface area contributed by atoms with E-state index in [4.69, 9.17) is 11.6 Å². The number of Topliss-reactive ketones (excluding diaryl/α,β-unsaturated/α-hetero) is 1. The molecule has 1 aromatic carbocycles. The Morgan fingerprint density at radius 2 is 2.10 bits per heavy atom. The Morgan fingerprint density at radius 1 is 1.40 bits per heavy atom. The number of rotatable bonds is 8. The fourth-order valence-corrected chi connectivity index (χ4v) is 2.77. The summed E-state index contributed by atoms with van der Waals surface area (Å²) in [5, 5.41) is 10.9. The number of nitrogens with zero attached hydrogens (tertiary/aromatic N) is 1. The van der Waals surface area contributed by atoms with Crippen LogP contribution in [0.15, 0.2) is 34.9 Å². The Bertz CT molecular complexity index is 501. The summed E-state index contributed by atoms with van der Waals surface area (Å²) in [6.07, 6.45) is 3.27. The Balaban J connectivity index is 2.91. The number of carbonyl (C=O) groups is 1. The molecule has 0 atom stereocenters. The molecule has 0 aliphatic heterocycles. The number of alkyl halides is 1. The summed E-state index contributed by atoms with van der Waals surface area (Å²) in [5.41, 5.74) is 0.309. The maximum Gasteiger partial charge on any atom is 0.312 e. The number of nitro groups is 1. The summed E-state index contributed by atoms with van der Waals surface area (Å²) in [6, 6.07) is 7.35. The van der Waals surface area contributed by atoms with Crippen molar-refractivity contribution in [1.29, 1.82) is 0 Å². The Kier molecular flexibility index (Phi) is 7.33. The second-order valence-corrected chi connectivity index (χ2v) is 5.64. The monoisotopic (exact) mass is 313 g/mol. The van der Waals surface area contributed by atoms with Crippen LogP contribution in [0.4, 0.5) is 0 Å². The van der Waals surface area contributed by atoms with E-state index in [0.29, 0.717) is 11.4 Å². The average Bonchev–Trinajstić information content (AvgIpc) is 2.41. The topological polar surface area (TPSA) is 60.2 Å². The van der Waals surface area contributed by atoms with Crippen molar-refractivity contribution in [2.45, 2.75) is 24.7 Å². The van der Waals surface area contributed by atoms with Crippen LogP contribution in [0.3, 0.4) is 0 Å². The lowest BCUT2D eigenvalue weighted by atomic mass is 10.1. The Morgan fingerprint density at radius 3 is 2.70 bits per heavy atom. The molecule has 1 aromatic rings. The smallest absolute Gasteiger partial charge is 0.288 e. The van der Waals surface area contributed by atoms with Crippen molar-refractivity contribution < 1.29 is 9.72 Å². The first-order valence-corrected chi connectivity index (χ1v) is 7.73. The number of thioether (sulfide) groups is 1. The fraction of sp³-hybridized carbons (Fsp3) is 0.357. The van der Waals surface area contributed by atoms with Gasteiger partial charge < -0.3 is 0 Å². The van der Waals surface area contributed by atoms with Gasteiger partial charge in [0.1, 0.15) is 0 Å². The van der Waals surface area contributed by atoms with E-state index < -0.39 is 10.7 Å². The van der Waals surface area contributed by atoms with Gasteiger partial charge in [-0.2, -0.15) is 0 Å². The van der Waals surface area contributed by atoms with Gasteiger partial charge in [-0.05, 0) is 30.2 Å². The Hall–Kier alpha value is -1.33. The van der Waals surface area contributed by atoms with E-state index in [1.807, 2.05) is 12.1 Å². The SMILES string of the molecule is CC(=O)C(=Cc1ccccc1SCCCCCl)[N+](=O)[O-]. The van der Waals surface area contributed by atoms with Crippen molar-refractivity contribution >= 4 is 35.2 Å². The molecule has 0 bridgehead atoms. The summed E-state index contributed by atoms with van der Waals surface area (Å²) in [4.78, 5) is 22.4. The van der Waals surface area contributed by atoms with Crippen LogP contribution in [-0.4, -0.2) is 22.3 Å². The average molecular weight is 314 g/mol. The molecular weight excluding hydrogens is 298 g/mol. The fourth-order valence-electron chi connectivity index (χ4n) is 1.54. The van der Waals surface area contributed by atoms with Crippen molar-refractivity contribution in [2.24, 2.45) is 0 Å². The quantitative estimate of drug-likeness (QED) is 0.182. The third-order valence-electron chi connectivity index (χ3n) is 2.55. The van der Waals surface area contributed by atoms with Crippen LogP contribution >= 0.6 is 23.4 Å². The normalized spacial score (nSPS) is 11.4. The zero-order chi connectivity index (χ0) is 15.0. The number of ketones is 1. The molecule has 0 aliphatic carbocycles. The number of halogens is 1. The number of benzene rings is 1.